The minimum Gasteiger partial charge on any atom is -0.344 e. The van der Waals surface area contributed by atoms with Crippen LogP contribution in [0.2, 0.25) is 0 Å². The van der Waals surface area contributed by atoms with Gasteiger partial charge in [0.1, 0.15) is 12.2 Å². The van der Waals surface area contributed by atoms with Crippen LogP contribution in [0, 0.1) is 0 Å². The van der Waals surface area contributed by atoms with E-state index in [1.165, 1.54) is 5.69 Å². The van der Waals surface area contributed by atoms with Gasteiger partial charge in [0.15, 0.2) is 0 Å². The Kier molecular flexibility index (Phi) is 3.81. The average molecular weight is 247 g/mol. The van der Waals surface area contributed by atoms with Crippen molar-refractivity contribution in [2.24, 2.45) is 5.73 Å². The highest BCUT2D eigenvalue weighted by atomic mass is 15.4. The highest BCUT2D eigenvalue weighted by Gasteiger charge is 2.10. The molecule has 1 atom stereocenters. The number of aromatic nitrogens is 4. The fourth-order valence-corrected chi connectivity index (χ4v) is 2.09. The number of rotatable bonds is 5. The quantitative estimate of drug-likeness (QED) is 0.873. The molecule has 5 nitrogen and oxygen atoms in total. The second-order valence-electron chi connectivity index (χ2n) is 5.02. The predicted molar refractivity (Wildman–Crippen MR) is 71.3 cm³/mol. The summed E-state index contributed by atoms with van der Waals surface area (Å²) in [4.78, 5) is 4.33. The minimum absolute atomic E-state index is 0.168. The van der Waals surface area contributed by atoms with Crippen LogP contribution in [0.4, 0.5) is 0 Å². The van der Waals surface area contributed by atoms with Gasteiger partial charge in [0.05, 0.1) is 6.54 Å². The normalized spacial score (nSPS) is 13.2. The summed E-state index contributed by atoms with van der Waals surface area (Å²) in [5.74, 6) is 0.979. The van der Waals surface area contributed by atoms with Crippen LogP contribution in [0.15, 0.2) is 24.7 Å². The van der Waals surface area contributed by atoms with Gasteiger partial charge in [-0.3, -0.25) is 0 Å². The Morgan fingerprint density at radius 3 is 2.78 bits per heavy atom. The lowest BCUT2D eigenvalue weighted by atomic mass is 10.2. The molecule has 0 aliphatic rings. The summed E-state index contributed by atoms with van der Waals surface area (Å²) in [6, 6.07) is 4.66. The lowest BCUT2D eigenvalue weighted by Gasteiger charge is -2.13. The number of hydrogen-bond acceptors (Lipinski definition) is 3. The van der Waals surface area contributed by atoms with Crippen LogP contribution in [-0.2, 0) is 13.0 Å². The molecule has 0 fully saturated rings. The largest absolute Gasteiger partial charge is 0.344 e. The molecule has 0 saturated heterocycles. The summed E-state index contributed by atoms with van der Waals surface area (Å²) in [7, 11) is 0. The second kappa shape index (κ2) is 5.35. The van der Waals surface area contributed by atoms with E-state index in [1.807, 2.05) is 17.7 Å². The number of nitrogens with zero attached hydrogens (tertiary/aromatic N) is 4. The SMILES string of the molecule is CC(N)Cc1cccn1Cc1ncnn1C(C)C. The first-order chi connectivity index (χ1) is 8.58. The molecule has 0 amide bonds. The minimum atomic E-state index is 0.168. The van der Waals surface area contributed by atoms with E-state index in [4.69, 9.17) is 5.73 Å². The van der Waals surface area contributed by atoms with Crippen molar-refractivity contribution in [3.05, 3.63) is 36.2 Å². The molecule has 2 heterocycles. The van der Waals surface area contributed by atoms with E-state index in [0.717, 1.165) is 18.8 Å². The summed E-state index contributed by atoms with van der Waals surface area (Å²) in [6.07, 6.45) is 4.56. The van der Waals surface area contributed by atoms with E-state index in [2.05, 4.69) is 40.8 Å². The molecule has 2 aromatic rings. The van der Waals surface area contributed by atoms with Crippen LogP contribution in [0.25, 0.3) is 0 Å². The number of nitrogens with two attached hydrogens (primary N) is 1. The zero-order chi connectivity index (χ0) is 13.1. The number of hydrogen-bond donors (Lipinski definition) is 1. The first kappa shape index (κ1) is 12.8. The lowest BCUT2D eigenvalue weighted by molar-refractivity contribution is 0.493. The van der Waals surface area contributed by atoms with Crippen LogP contribution in [0.5, 0.6) is 0 Å². The molecule has 0 bridgehead atoms. The van der Waals surface area contributed by atoms with Gasteiger partial charge in [-0.15, -0.1) is 0 Å². The zero-order valence-electron chi connectivity index (χ0n) is 11.2. The van der Waals surface area contributed by atoms with Crippen molar-refractivity contribution < 1.29 is 0 Å². The fraction of sp³-hybridized carbons (Fsp3) is 0.538. The Bertz CT molecular complexity index is 495. The van der Waals surface area contributed by atoms with Gasteiger partial charge in [-0.05, 0) is 32.9 Å². The monoisotopic (exact) mass is 247 g/mol. The Balaban J connectivity index is 2.18. The summed E-state index contributed by atoms with van der Waals surface area (Å²) >= 11 is 0. The van der Waals surface area contributed by atoms with Crippen LogP contribution in [0.1, 0.15) is 38.3 Å². The molecule has 98 valence electrons. The Hall–Kier alpha value is -1.62. The van der Waals surface area contributed by atoms with Gasteiger partial charge >= 0.3 is 0 Å². The lowest BCUT2D eigenvalue weighted by Crippen LogP contribution is -2.20. The maximum absolute atomic E-state index is 5.86. The summed E-state index contributed by atoms with van der Waals surface area (Å²) < 4.78 is 4.14. The molecule has 18 heavy (non-hydrogen) atoms. The molecule has 2 aromatic heterocycles. The van der Waals surface area contributed by atoms with Crippen molar-refractivity contribution in [1.82, 2.24) is 19.3 Å². The van der Waals surface area contributed by atoms with E-state index in [1.54, 1.807) is 6.33 Å². The van der Waals surface area contributed by atoms with Gasteiger partial charge in [-0.2, -0.15) is 5.10 Å². The standard InChI is InChI=1S/C13H21N5/c1-10(2)18-13(15-9-16-18)8-17-6-4-5-12(17)7-11(3)14/h4-6,9-11H,7-8,14H2,1-3H3. The highest BCUT2D eigenvalue weighted by Crippen LogP contribution is 2.11. The van der Waals surface area contributed by atoms with Crippen molar-refractivity contribution in [3.63, 3.8) is 0 Å². The third-order valence-corrected chi connectivity index (χ3v) is 2.90. The van der Waals surface area contributed by atoms with E-state index in [0.29, 0.717) is 6.04 Å². The molecule has 0 aliphatic carbocycles. The van der Waals surface area contributed by atoms with Crippen molar-refractivity contribution >= 4 is 0 Å². The molecular formula is C13H21N5. The maximum atomic E-state index is 5.86. The van der Waals surface area contributed by atoms with Crippen LogP contribution in [-0.4, -0.2) is 25.4 Å². The van der Waals surface area contributed by atoms with Gasteiger partial charge in [0.2, 0.25) is 0 Å². The topological polar surface area (TPSA) is 61.7 Å². The van der Waals surface area contributed by atoms with E-state index < -0.39 is 0 Å². The van der Waals surface area contributed by atoms with Gasteiger partial charge < -0.3 is 10.3 Å². The third-order valence-electron chi connectivity index (χ3n) is 2.90. The van der Waals surface area contributed by atoms with Crippen molar-refractivity contribution in [1.29, 1.82) is 0 Å². The summed E-state index contributed by atoms with van der Waals surface area (Å²) in [6.45, 7) is 6.98. The van der Waals surface area contributed by atoms with Crippen molar-refractivity contribution in [2.45, 2.75) is 45.8 Å². The molecule has 0 saturated carbocycles. The molecule has 2 N–H and O–H groups in total. The summed E-state index contributed by atoms with van der Waals surface area (Å²) in [5, 5.41) is 4.25. The van der Waals surface area contributed by atoms with Gasteiger partial charge in [-0.25, -0.2) is 9.67 Å². The molecule has 2 rings (SSSR count). The van der Waals surface area contributed by atoms with Gasteiger partial charge in [-0.1, -0.05) is 0 Å². The average Bonchev–Trinajstić information content (AvgIpc) is 2.88. The van der Waals surface area contributed by atoms with Gasteiger partial charge in [0.25, 0.3) is 0 Å². The third kappa shape index (κ3) is 2.79. The smallest absolute Gasteiger partial charge is 0.147 e. The zero-order valence-corrected chi connectivity index (χ0v) is 11.2. The maximum Gasteiger partial charge on any atom is 0.147 e. The van der Waals surface area contributed by atoms with E-state index in [-0.39, 0.29) is 6.04 Å². The van der Waals surface area contributed by atoms with Gasteiger partial charge in [0, 0.05) is 30.4 Å². The Morgan fingerprint density at radius 1 is 1.33 bits per heavy atom. The summed E-state index contributed by atoms with van der Waals surface area (Å²) in [5.41, 5.74) is 7.10. The van der Waals surface area contributed by atoms with E-state index in [9.17, 15) is 0 Å². The molecular weight excluding hydrogens is 226 g/mol. The van der Waals surface area contributed by atoms with Crippen LogP contribution in [0.3, 0.4) is 0 Å². The fourth-order valence-electron chi connectivity index (χ4n) is 2.09. The molecule has 1 unspecified atom stereocenters. The molecule has 0 spiro atoms. The second-order valence-corrected chi connectivity index (χ2v) is 5.02. The molecule has 5 heteroatoms. The first-order valence-corrected chi connectivity index (χ1v) is 6.36. The predicted octanol–water partition coefficient (Wildman–Crippen LogP) is 1.60. The molecule has 0 radical (unpaired) electrons. The molecule has 0 aromatic carbocycles. The molecule has 0 aliphatic heterocycles. The van der Waals surface area contributed by atoms with Crippen LogP contribution < -0.4 is 5.73 Å². The van der Waals surface area contributed by atoms with Crippen molar-refractivity contribution in [2.75, 3.05) is 0 Å². The van der Waals surface area contributed by atoms with Crippen LogP contribution >= 0.6 is 0 Å². The Morgan fingerprint density at radius 2 is 2.11 bits per heavy atom. The Labute approximate surface area is 108 Å². The highest BCUT2D eigenvalue weighted by molar-refractivity contribution is 5.10. The van der Waals surface area contributed by atoms with E-state index >= 15 is 0 Å². The van der Waals surface area contributed by atoms with Crippen molar-refractivity contribution in [3.8, 4) is 0 Å². The first-order valence-electron chi connectivity index (χ1n) is 6.36.